The highest BCUT2D eigenvalue weighted by Crippen LogP contribution is 2.15. The zero-order valence-electron chi connectivity index (χ0n) is 12.2. The Morgan fingerprint density at radius 3 is 2.47 bits per heavy atom. The van der Waals surface area contributed by atoms with Crippen molar-refractivity contribution in [3.05, 3.63) is 23.6 Å². The van der Waals surface area contributed by atoms with Gasteiger partial charge in [0.25, 0.3) is 0 Å². The molecule has 0 radical (unpaired) electrons. The van der Waals surface area contributed by atoms with E-state index in [1.807, 2.05) is 0 Å². The Hall–Kier alpha value is -1.20. The first-order chi connectivity index (χ1) is 8.95. The SMILES string of the molecule is CC(C)N(CCOc1ncc(F)cc1CN)C(C)C. The van der Waals surface area contributed by atoms with Crippen LogP contribution in [-0.4, -0.2) is 35.1 Å². The molecule has 0 fully saturated rings. The van der Waals surface area contributed by atoms with Gasteiger partial charge in [-0.3, -0.25) is 4.90 Å². The third-order valence-electron chi connectivity index (χ3n) is 3.03. The minimum atomic E-state index is -0.390. The largest absolute Gasteiger partial charge is 0.476 e. The smallest absolute Gasteiger partial charge is 0.218 e. The van der Waals surface area contributed by atoms with Crippen LogP contribution >= 0.6 is 0 Å². The molecule has 1 aromatic heterocycles. The van der Waals surface area contributed by atoms with Crippen molar-refractivity contribution < 1.29 is 9.13 Å². The highest BCUT2D eigenvalue weighted by Gasteiger charge is 2.13. The molecule has 0 aliphatic rings. The third kappa shape index (κ3) is 4.76. The van der Waals surface area contributed by atoms with Crippen molar-refractivity contribution in [1.29, 1.82) is 0 Å². The Morgan fingerprint density at radius 2 is 1.95 bits per heavy atom. The Morgan fingerprint density at radius 1 is 1.32 bits per heavy atom. The molecule has 1 heterocycles. The van der Waals surface area contributed by atoms with Gasteiger partial charge < -0.3 is 10.5 Å². The number of hydrogen-bond acceptors (Lipinski definition) is 4. The van der Waals surface area contributed by atoms with Gasteiger partial charge in [0.05, 0.1) is 6.20 Å². The van der Waals surface area contributed by atoms with E-state index in [4.69, 9.17) is 10.5 Å². The molecule has 0 spiro atoms. The van der Waals surface area contributed by atoms with E-state index in [1.54, 1.807) is 0 Å². The maximum Gasteiger partial charge on any atom is 0.218 e. The molecule has 4 nitrogen and oxygen atoms in total. The van der Waals surface area contributed by atoms with Crippen LogP contribution in [0.3, 0.4) is 0 Å². The average molecular weight is 269 g/mol. The molecule has 0 aliphatic heterocycles. The second-order valence-corrected chi connectivity index (χ2v) is 5.10. The number of rotatable bonds is 7. The summed E-state index contributed by atoms with van der Waals surface area (Å²) in [6, 6.07) is 2.28. The van der Waals surface area contributed by atoms with Crippen molar-refractivity contribution in [2.45, 2.75) is 46.3 Å². The fraction of sp³-hybridized carbons (Fsp3) is 0.643. The lowest BCUT2D eigenvalue weighted by atomic mass is 10.2. The summed E-state index contributed by atoms with van der Waals surface area (Å²) in [5.41, 5.74) is 6.15. The maximum absolute atomic E-state index is 13.0. The monoisotopic (exact) mass is 269 g/mol. The summed E-state index contributed by atoms with van der Waals surface area (Å²) in [5, 5.41) is 0. The Bertz CT molecular complexity index is 388. The third-order valence-corrected chi connectivity index (χ3v) is 3.03. The summed E-state index contributed by atoms with van der Waals surface area (Å²) in [6.07, 6.45) is 1.15. The summed E-state index contributed by atoms with van der Waals surface area (Å²) in [6.45, 7) is 10.2. The molecule has 0 atom stereocenters. The summed E-state index contributed by atoms with van der Waals surface area (Å²) in [7, 11) is 0. The van der Waals surface area contributed by atoms with Gasteiger partial charge in [0.1, 0.15) is 12.4 Å². The van der Waals surface area contributed by atoms with Gasteiger partial charge >= 0.3 is 0 Å². The van der Waals surface area contributed by atoms with E-state index >= 15 is 0 Å². The second kappa shape index (κ2) is 7.40. The van der Waals surface area contributed by atoms with Crippen LogP contribution in [-0.2, 0) is 6.54 Å². The minimum Gasteiger partial charge on any atom is -0.476 e. The van der Waals surface area contributed by atoms with Crippen molar-refractivity contribution in [1.82, 2.24) is 9.88 Å². The lowest BCUT2D eigenvalue weighted by molar-refractivity contribution is 0.139. The molecule has 2 N–H and O–H groups in total. The van der Waals surface area contributed by atoms with Gasteiger partial charge in [0.2, 0.25) is 5.88 Å². The molecule has 0 unspecified atom stereocenters. The van der Waals surface area contributed by atoms with Crippen molar-refractivity contribution in [3.63, 3.8) is 0 Å². The molecule has 0 saturated heterocycles. The highest BCUT2D eigenvalue weighted by molar-refractivity contribution is 5.25. The first kappa shape index (κ1) is 15.9. The van der Waals surface area contributed by atoms with Gasteiger partial charge in [0, 0.05) is 30.7 Å². The molecule has 0 amide bonds. The molecule has 108 valence electrons. The van der Waals surface area contributed by atoms with Crippen molar-refractivity contribution in [2.24, 2.45) is 5.73 Å². The number of ether oxygens (including phenoxy) is 1. The van der Waals surface area contributed by atoms with E-state index in [2.05, 4.69) is 37.6 Å². The van der Waals surface area contributed by atoms with Gasteiger partial charge in [0.15, 0.2) is 0 Å². The molecule has 1 aromatic rings. The van der Waals surface area contributed by atoms with Gasteiger partial charge in [-0.15, -0.1) is 0 Å². The van der Waals surface area contributed by atoms with Gasteiger partial charge in [-0.05, 0) is 33.8 Å². The lowest BCUT2D eigenvalue weighted by Crippen LogP contribution is -2.39. The molecule has 0 bridgehead atoms. The number of aromatic nitrogens is 1. The summed E-state index contributed by atoms with van der Waals surface area (Å²) in [4.78, 5) is 6.26. The minimum absolute atomic E-state index is 0.220. The standard InChI is InChI=1S/C14H24FN3O/c1-10(2)18(11(3)4)5-6-19-14-12(8-16)7-13(15)9-17-14/h7,9-11H,5-6,8,16H2,1-4H3. The zero-order valence-corrected chi connectivity index (χ0v) is 12.2. The Balaban J connectivity index is 2.57. The van der Waals surface area contributed by atoms with E-state index in [0.29, 0.717) is 30.1 Å². The van der Waals surface area contributed by atoms with Crippen LogP contribution in [0, 0.1) is 5.82 Å². The summed E-state index contributed by atoms with van der Waals surface area (Å²) >= 11 is 0. The predicted octanol–water partition coefficient (Wildman–Crippen LogP) is 2.18. The molecular formula is C14H24FN3O. The first-order valence-electron chi connectivity index (χ1n) is 6.68. The highest BCUT2D eigenvalue weighted by atomic mass is 19.1. The number of pyridine rings is 1. The van der Waals surface area contributed by atoms with Gasteiger partial charge in [-0.1, -0.05) is 0 Å². The molecular weight excluding hydrogens is 245 g/mol. The van der Waals surface area contributed by atoms with E-state index in [-0.39, 0.29) is 6.54 Å². The number of nitrogens with zero attached hydrogens (tertiary/aromatic N) is 2. The topological polar surface area (TPSA) is 51.4 Å². The predicted molar refractivity (Wildman–Crippen MR) is 74.6 cm³/mol. The van der Waals surface area contributed by atoms with Crippen LogP contribution in [0.5, 0.6) is 5.88 Å². The van der Waals surface area contributed by atoms with Crippen LogP contribution < -0.4 is 10.5 Å². The van der Waals surface area contributed by atoms with Crippen LogP contribution in [0.1, 0.15) is 33.3 Å². The van der Waals surface area contributed by atoms with Crippen molar-refractivity contribution in [3.8, 4) is 5.88 Å². The molecule has 1 rings (SSSR count). The van der Waals surface area contributed by atoms with Crippen molar-refractivity contribution >= 4 is 0 Å². The lowest BCUT2D eigenvalue weighted by Gasteiger charge is -2.30. The fourth-order valence-corrected chi connectivity index (χ4v) is 2.11. The molecule has 0 saturated carbocycles. The van der Waals surface area contributed by atoms with Gasteiger partial charge in [-0.25, -0.2) is 9.37 Å². The fourth-order valence-electron chi connectivity index (χ4n) is 2.11. The van der Waals surface area contributed by atoms with Crippen molar-refractivity contribution in [2.75, 3.05) is 13.2 Å². The van der Waals surface area contributed by atoms with Crippen LogP contribution in [0.15, 0.2) is 12.3 Å². The molecule has 5 heteroatoms. The zero-order chi connectivity index (χ0) is 14.4. The number of nitrogens with two attached hydrogens (primary N) is 1. The molecule has 0 aromatic carbocycles. The van der Waals surface area contributed by atoms with E-state index in [1.165, 1.54) is 6.07 Å². The van der Waals surface area contributed by atoms with E-state index < -0.39 is 5.82 Å². The Labute approximate surface area is 114 Å². The first-order valence-corrected chi connectivity index (χ1v) is 6.68. The maximum atomic E-state index is 13.0. The van der Waals surface area contributed by atoms with E-state index in [0.717, 1.165) is 12.7 Å². The second-order valence-electron chi connectivity index (χ2n) is 5.10. The Kier molecular flexibility index (Phi) is 6.18. The van der Waals surface area contributed by atoms with Crippen LogP contribution in [0.2, 0.25) is 0 Å². The average Bonchev–Trinajstić information content (AvgIpc) is 2.34. The summed E-state index contributed by atoms with van der Waals surface area (Å²) in [5.74, 6) is 0.0372. The number of halogens is 1. The summed E-state index contributed by atoms with van der Waals surface area (Å²) < 4.78 is 18.6. The van der Waals surface area contributed by atoms with Gasteiger partial charge in [-0.2, -0.15) is 0 Å². The molecule has 19 heavy (non-hydrogen) atoms. The normalized spacial score (nSPS) is 11.6. The number of hydrogen-bond donors (Lipinski definition) is 1. The van der Waals surface area contributed by atoms with Crippen LogP contribution in [0.25, 0.3) is 0 Å². The molecule has 0 aliphatic carbocycles. The van der Waals surface area contributed by atoms with Crippen LogP contribution in [0.4, 0.5) is 4.39 Å². The van der Waals surface area contributed by atoms with E-state index in [9.17, 15) is 4.39 Å². The quantitative estimate of drug-likeness (QED) is 0.824.